The molecule has 2 aliphatic rings. The molecule has 2 aliphatic heterocycles. The van der Waals surface area contributed by atoms with Crippen LogP contribution in [0.1, 0.15) is 12.0 Å². The van der Waals surface area contributed by atoms with E-state index in [4.69, 9.17) is 4.74 Å². The van der Waals surface area contributed by atoms with Gasteiger partial charge in [-0.1, -0.05) is 0 Å². The lowest BCUT2D eigenvalue weighted by Crippen LogP contribution is -2.43. The lowest BCUT2D eigenvalue weighted by molar-refractivity contribution is -0.131. The summed E-state index contributed by atoms with van der Waals surface area (Å²) in [5, 5.41) is 4.09. The topological polar surface area (TPSA) is 32.8 Å². The van der Waals surface area contributed by atoms with Gasteiger partial charge in [0.1, 0.15) is 0 Å². The van der Waals surface area contributed by atoms with Crippen molar-refractivity contribution in [1.29, 1.82) is 0 Å². The van der Waals surface area contributed by atoms with E-state index in [-0.39, 0.29) is 11.3 Å². The van der Waals surface area contributed by atoms with Gasteiger partial charge in [0.05, 0.1) is 19.6 Å². The fourth-order valence-corrected chi connectivity index (χ4v) is 3.96. The SMILES string of the molecule is CN1CC[C@]2(COCCN(C(=O)Cc3ccsc3)C2)C1. The molecule has 110 valence electrons. The summed E-state index contributed by atoms with van der Waals surface area (Å²) in [6.07, 6.45) is 1.65. The van der Waals surface area contributed by atoms with E-state index in [1.165, 1.54) is 0 Å². The average Bonchev–Trinajstić information content (AvgIpc) is 2.98. The minimum atomic E-state index is 0.148. The number of thiophene rings is 1. The molecule has 20 heavy (non-hydrogen) atoms. The number of rotatable bonds is 2. The molecule has 3 heterocycles. The second-order valence-electron chi connectivity index (χ2n) is 6.16. The number of amides is 1. The van der Waals surface area contributed by atoms with Gasteiger partial charge in [-0.05, 0) is 42.4 Å². The smallest absolute Gasteiger partial charge is 0.227 e. The first-order valence-corrected chi connectivity index (χ1v) is 8.16. The van der Waals surface area contributed by atoms with Crippen LogP contribution in [0, 0.1) is 5.41 Å². The zero-order chi connectivity index (χ0) is 14.0. The van der Waals surface area contributed by atoms with Crippen LogP contribution in [-0.4, -0.2) is 62.1 Å². The zero-order valence-electron chi connectivity index (χ0n) is 12.0. The third-order valence-electron chi connectivity index (χ3n) is 4.36. The molecule has 3 rings (SSSR count). The molecule has 0 aliphatic carbocycles. The van der Waals surface area contributed by atoms with Gasteiger partial charge < -0.3 is 14.5 Å². The number of ether oxygens (including phenoxy) is 1. The van der Waals surface area contributed by atoms with Crippen LogP contribution in [0.5, 0.6) is 0 Å². The number of carbonyl (C=O) groups excluding carboxylic acids is 1. The zero-order valence-corrected chi connectivity index (χ0v) is 12.8. The second-order valence-corrected chi connectivity index (χ2v) is 6.94. The van der Waals surface area contributed by atoms with E-state index in [2.05, 4.69) is 17.3 Å². The van der Waals surface area contributed by atoms with Gasteiger partial charge in [-0.25, -0.2) is 0 Å². The molecule has 1 aromatic heterocycles. The molecule has 4 nitrogen and oxygen atoms in total. The molecular formula is C15H22N2O2S. The van der Waals surface area contributed by atoms with E-state index < -0.39 is 0 Å². The molecule has 1 spiro atoms. The fraction of sp³-hybridized carbons (Fsp3) is 0.667. The quantitative estimate of drug-likeness (QED) is 0.828. The van der Waals surface area contributed by atoms with Gasteiger partial charge >= 0.3 is 0 Å². The third-order valence-corrected chi connectivity index (χ3v) is 5.09. The minimum Gasteiger partial charge on any atom is -0.379 e. The highest BCUT2D eigenvalue weighted by molar-refractivity contribution is 7.07. The lowest BCUT2D eigenvalue weighted by atomic mass is 9.87. The van der Waals surface area contributed by atoms with Gasteiger partial charge in [-0.2, -0.15) is 11.3 Å². The number of likely N-dealkylation sites (tertiary alicyclic amines) is 1. The lowest BCUT2D eigenvalue weighted by Gasteiger charge is -2.31. The minimum absolute atomic E-state index is 0.148. The highest BCUT2D eigenvalue weighted by atomic mass is 32.1. The molecular weight excluding hydrogens is 272 g/mol. The van der Waals surface area contributed by atoms with Crippen molar-refractivity contribution in [3.63, 3.8) is 0 Å². The van der Waals surface area contributed by atoms with Crippen molar-refractivity contribution in [1.82, 2.24) is 9.80 Å². The molecule has 0 radical (unpaired) electrons. The molecule has 2 fully saturated rings. The number of nitrogens with zero attached hydrogens (tertiary/aromatic N) is 2. The van der Waals surface area contributed by atoms with E-state index in [0.717, 1.165) is 44.8 Å². The molecule has 0 unspecified atom stereocenters. The summed E-state index contributed by atoms with van der Waals surface area (Å²) in [5.74, 6) is 0.239. The maximum absolute atomic E-state index is 12.5. The van der Waals surface area contributed by atoms with Crippen LogP contribution in [0.4, 0.5) is 0 Å². The fourth-order valence-electron chi connectivity index (χ4n) is 3.29. The molecule has 1 amide bonds. The van der Waals surface area contributed by atoms with Crippen molar-refractivity contribution < 1.29 is 9.53 Å². The van der Waals surface area contributed by atoms with Crippen LogP contribution in [-0.2, 0) is 16.0 Å². The van der Waals surface area contributed by atoms with E-state index in [1.54, 1.807) is 11.3 Å². The van der Waals surface area contributed by atoms with Gasteiger partial charge in [-0.15, -0.1) is 0 Å². The largest absolute Gasteiger partial charge is 0.379 e. The molecule has 0 saturated carbocycles. The highest BCUT2D eigenvalue weighted by Crippen LogP contribution is 2.32. The van der Waals surface area contributed by atoms with Crippen molar-refractivity contribution in [3.05, 3.63) is 22.4 Å². The number of hydrogen-bond donors (Lipinski definition) is 0. The van der Waals surface area contributed by atoms with Crippen molar-refractivity contribution in [2.45, 2.75) is 12.8 Å². The molecule has 1 atom stereocenters. The van der Waals surface area contributed by atoms with Crippen molar-refractivity contribution in [3.8, 4) is 0 Å². The first kappa shape index (κ1) is 14.0. The predicted molar refractivity (Wildman–Crippen MR) is 80.0 cm³/mol. The summed E-state index contributed by atoms with van der Waals surface area (Å²) in [4.78, 5) is 16.9. The molecule has 1 aromatic rings. The van der Waals surface area contributed by atoms with E-state index in [9.17, 15) is 4.79 Å². The van der Waals surface area contributed by atoms with Gasteiger partial charge in [0.15, 0.2) is 0 Å². The van der Waals surface area contributed by atoms with Crippen LogP contribution in [0.15, 0.2) is 16.8 Å². The summed E-state index contributed by atoms with van der Waals surface area (Å²) in [6, 6.07) is 2.04. The van der Waals surface area contributed by atoms with E-state index in [1.807, 2.05) is 16.3 Å². The Morgan fingerprint density at radius 3 is 3.05 bits per heavy atom. The molecule has 0 N–H and O–H groups in total. The van der Waals surface area contributed by atoms with Crippen LogP contribution in [0.25, 0.3) is 0 Å². The maximum atomic E-state index is 12.5. The summed E-state index contributed by atoms with van der Waals surface area (Å²) in [6.45, 7) is 5.18. The Morgan fingerprint density at radius 2 is 2.35 bits per heavy atom. The Hall–Kier alpha value is -0.910. The van der Waals surface area contributed by atoms with E-state index >= 15 is 0 Å². The molecule has 2 saturated heterocycles. The van der Waals surface area contributed by atoms with Crippen molar-refractivity contribution in [2.75, 3.05) is 46.4 Å². The monoisotopic (exact) mass is 294 g/mol. The molecule has 0 bridgehead atoms. The first-order chi connectivity index (χ1) is 9.67. The Morgan fingerprint density at radius 1 is 1.45 bits per heavy atom. The van der Waals surface area contributed by atoms with Crippen LogP contribution in [0.3, 0.4) is 0 Å². The highest BCUT2D eigenvalue weighted by Gasteiger charge is 2.40. The average molecular weight is 294 g/mol. The summed E-state index contributed by atoms with van der Waals surface area (Å²) >= 11 is 1.65. The van der Waals surface area contributed by atoms with Crippen LogP contribution < -0.4 is 0 Å². The second kappa shape index (κ2) is 5.84. The van der Waals surface area contributed by atoms with Crippen LogP contribution in [0.2, 0.25) is 0 Å². The first-order valence-electron chi connectivity index (χ1n) is 7.22. The van der Waals surface area contributed by atoms with Crippen molar-refractivity contribution in [2.24, 2.45) is 5.41 Å². The van der Waals surface area contributed by atoms with Gasteiger partial charge in [0, 0.05) is 25.0 Å². The standard InChI is InChI=1S/C15H22N2O2S/c1-16-4-3-15(10-16)11-17(5-6-19-12-15)14(18)8-13-2-7-20-9-13/h2,7,9H,3-6,8,10-12H2,1H3/t15-/m0/s1. The molecule has 5 heteroatoms. The summed E-state index contributed by atoms with van der Waals surface area (Å²) in [7, 11) is 2.15. The van der Waals surface area contributed by atoms with Crippen LogP contribution >= 0.6 is 11.3 Å². The predicted octanol–water partition coefficient (Wildman–Crippen LogP) is 1.47. The Bertz CT molecular complexity index is 462. The Balaban J connectivity index is 1.67. The number of carbonyl (C=O) groups is 1. The summed E-state index contributed by atoms with van der Waals surface area (Å²) < 4.78 is 5.78. The van der Waals surface area contributed by atoms with Gasteiger partial charge in [0.2, 0.25) is 5.91 Å². The third kappa shape index (κ3) is 3.05. The maximum Gasteiger partial charge on any atom is 0.227 e. The summed E-state index contributed by atoms with van der Waals surface area (Å²) in [5.41, 5.74) is 1.28. The van der Waals surface area contributed by atoms with Gasteiger partial charge in [0.25, 0.3) is 0 Å². The van der Waals surface area contributed by atoms with Gasteiger partial charge in [-0.3, -0.25) is 4.79 Å². The van der Waals surface area contributed by atoms with Crippen molar-refractivity contribution >= 4 is 17.2 Å². The number of hydrogen-bond acceptors (Lipinski definition) is 4. The normalized spacial score (nSPS) is 27.9. The Kier molecular flexibility index (Phi) is 4.10. The van der Waals surface area contributed by atoms with E-state index in [0.29, 0.717) is 13.0 Å². The Labute approximate surface area is 124 Å². The molecule has 0 aromatic carbocycles.